The smallest absolute Gasteiger partial charge is 0.328 e. The van der Waals surface area contributed by atoms with Gasteiger partial charge < -0.3 is 10.2 Å². The van der Waals surface area contributed by atoms with Crippen molar-refractivity contribution in [2.24, 2.45) is 0 Å². The summed E-state index contributed by atoms with van der Waals surface area (Å²) in [6, 6.07) is 0. The van der Waals surface area contributed by atoms with Crippen molar-refractivity contribution in [1.82, 2.24) is 0 Å². The van der Waals surface area contributed by atoms with Gasteiger partial charge in [-0.15, -0.1) is 0 Å². The molecule has 0 aromatic heterocycles. The minimum atomic E-state index is -0.987. The second-order valence-electron chi connectivity index (χ2n) is 6.01. The van der Waals surface area contributed by atoms with Gasteiger partial charge >= 0.3 is 5.97 Å². The molecule has 0 heterocycles. The molecular formula is C20H34O3. The molecule has 3 nitrogen and oxygen atoms in total. The third-order valence-electron chi connectivity index (χ3n) is 3.78. The van der Waals surface area contributed by atoms with Crippen LogP contribution in [0, 0.1) is 0 Å². The van der Waals surface area contributed by atoms with Crippen LogP contribution in [0.25, 0.3) is 0 Å². The standard InChI is InChI=1S/C20H34O3/c1-2-3-4-5-6-7-8-9-10-11-12-13-16-19(21)17-14-15-18-20(22)23/h14-18,21H,2-13H2,1H3,(H,22,23). The molecule has 0 atom stereocenters. The number of hydrogen-bond acceptors (Lipinski definition) is 2. The highest BCUT2D eigenvalue weighted by Crippen LogP contribution is 2.12. The first-order valence-electron chi connectivity index (χ1n) is 9.13. The van der Waals surface area contributed by atoms with E-state index in [4.69, 9.17) is 5.11 Å². The first-order valence-corrected chi connectivity index (χ1v) is 9.13. The lowest BCUT2D eigenvalue weighted by molar-refractivity contribution is -0.131. The highest BCUT2D eigenvalue weighted by atomic mass is 16.4. The molecule has 0 unspecified atom stereocenters. The van der Waals surface area contributed by atoms with Gasteiger partial charge in [0.1, 0.15) is 5.76 Å². The number of hydrogen-bond donors (Lipinski definition) is 2. The predicted molar refractivity (Wildman–Crippen MR) is 97.7 cm³/mol. The van der Waals surface area contributed by atoms with Crippen molar-refractivity contribution in [3.05, 3.63) is 36.1 Å². The zero-order chi connectivity index (χ0) is 17.2. The summed E-state index contributed by atoms with van der Waals surface area (Å²) in [4.78, 5) is 10.2. The van der Waals surface area contributed by atoms with E-state index in [1.807, 2.05) is 0 Å². The number of carboxylic acids is 1. The lowest BCUT2D eigenvalue weighted by atomic mass is 10.1. The van der Waals surface area contributed by atoms with Crippen LogP contribution >= 0.6 is 0 Å². The Bertz CT molecular complexity index is 367. The average molecular weight is 322 g/mol. The normalized spacial score (nSPS) is 12.5. The Morgan fingerprint density at radius 3 is 1.74 bits per heavy atom. The third-order valence-corrected chi connectivity index (χ3v) is 3.78. The van der Waals surface area contributed by atoms with Gasteiger partial charge in [0, 0.05) is 6.08 Å². The first kappa shape index (κ1) is 21.5. The van der Waals surface area contributed by atoms with Gasteiger partial charge in [-0.2, -0.15) is 0 Å². The van der Waals surface area contributed by atoms with Crippen molar-refractivity contribution < 1.29 is 15.0 Å². The fraction of sp³-hybridized carbons (Fsp3) is 0.650. The zero-order valence-electron chi connectivity index (χ0n) is 14.7. The molecule has 0 aliphatic rings. The van der Waals surface area contributed by atoms with Crippen LogP contribution in [0.2, 0.25) is 0 Å². The molecule has 23 heavy (non-hydrogen) atoms. The Kier molecular flexibility index (Phi) is 15.7. The fourth-order valence-corrected chi connectivity index (χ4v) is 2.42. The van der Waals surface area contributed by atoms with Crippen LogP contribution < -0.4 is 0 Å². The largest absolute Gasteiger partial charge is 0.508 e. The molecule has 0 aliphatic carbocycles. The Labute approximate surface area is 141 Å². The highest BCUT2D eigenvalue weighted by Gasteiger charge is 1.93. The van der Waals surface area contributed by atoms with Gasteiger partial charge in [0.15, 0.2) is 0 Å². The van der Waals surface area contributed by atoms with E-state index >= 15 is 0 Å². The molecule has 0 rings (SSSR count). The van der Waals surface area contributed by atoms with E-state index in [0.717, 1.165) is 18.9 Å². The Morgan fingerprint density at radius 1 is 0.739 bits per heavy atom. The fourth-order valence-electron chi connectivity index (χ4n) is 2.42. The molecule has 0 aromatic carbocycles. The maximum absolute atomic E-state index is 10.2. The van der Waals surface area contributed by atoms with Crippen LogP contribution in [0.5, 0.6) is 0 Å². The lowest BCUT2D eigenvalue weighted by Gasteiger charge is -2.01. The summed E-state index contributed by atoms with van der Waals surface area (Å²) in [5, 5.41) is 18.0. The number of unbranched alkanes of at least 4 members (excludes halogenated alkanes) is 11. The number of carboxylic acid groups (broad SMARTS) is 1. The van der Waals surface area contributed by atoms with Gasteiger partial charge in [-0.25, -0.2) is 4.79 Å². The van der Waals surface area contributed by atoms with E-state index in [-0.39, 0.29) is 5.76 Å². The van der Waals surface area contributed by atoms with Crippen molar-refractivity contribution in [2.45, 2.75) is 84.0 Å². The maximum atomic E-state index is 10.2. The van der Waals surface area contributed by atoms with Crippen molar-refractivity contribution in [3.63, 3.8) is 0 Å². The number of allylic oxidation sites excluding steroid dienone is 4. The number of carbonyl (C=O) groups is 1. The summed E-state index contributed by atoms with van der Waals surface area (Å²) in [5.74, 6) is -0.786. The second-order valence-corrected chi connectivity index (χ2v) is 6.01. The molecule has 0 saturated heterocycles. The molecule has 0 aromatic rings. The van der Waals surface area contributed by atoms with Gasteiger partial charge in [-0.1, -0.05) is 83.3 Å². The third kappa shape index (κ3) is 18.4. The first-order chi connectivity index (χ1) is 11.2. The molecule has 0 spiro atoms. The van der Waals surface area contributed by atoms with Gasteiger partial charge in [0.2, 0.25) is 0 Å². The molecule has 0 bridgehead atoms. The minimum absolute atomic E-state index is 0.201. The molecule has 0 saturated carbocycles. The average Bonchev–Trinajstić information content (AvgIpc) is 2.52. The van der Waals surface area contributed by atoms with Crippen LogP contribution in [0.3, 0.4) is 0 Å². The molecule has 2 N–H and O–H groups in total. The van der Waals surface area contributed by atoms with Crippen LogP contribution in [-0.2, 0) is 4.79 Å². The second kappa shape index (κ2) is 16.9. The monoisotopic (exact) mass is 322 g/mol. The topological polar surface area (TPSA) is 57.5 Å². The summed E-state index contributed by atoms with van der Waals surface area (Å²) in [6.45, 7) is 2.25. The lowest BCUT2D eigenvalue weighted by Crippen LogP contribution is -1.84. The van der Waals surface area contributed by atoms with Crippen LogP contribution in [-0.4, -0.2) is 16.2 Å². The van der Waals surface area contributed by atoms with Crippen LogP contribution in [0.1, 0.15) is 84.0 Å². The van der Waals surface area contributed by atoms with Crippen molar-refractivity contribution >= 4 is 5.97 Å². The number of rotatable bonds is 15. The predicted octanol–water partition coefficient (Wildman–Crippen LogP) is 6.33. The summed E-state index contributed by atoms with van der Waals surface area (Å²) in [5.41, 5.74) is 0. The molecule has 0 amide bonds. The van der Waals surface area contributed by atoms with E-state index < -0.39 is 5.97 Å². The molecule has 0 aliphatic heterocycles. The molecule has 0 radical (unpaired) electrons. The zero-order valence-corrected chi connectivity index (χ0v) is 14.7. The van der Waals surface area contributed by atoms with E-state index in [0.29, 0.717) is 0 Å². The molecule has 3 heteroatoms. The van der Waals surface area contributed by atoms with Gasteiger partial charge in [0.05, 0.1) is 0 Å². The summed E-state index contributed by atoms with van der Waals surface area (Å²) < 4.78 is 0. The van der Waals surface area contributed by atoms with E-state index in [1.54, 1.807) is 6.08 Å². The minimum Gasteiger partial charge on any atom is -0.508 e. The molecular weight excluding hydrogens is 288 g/mol. The van der Waals surface area contributed by atoms with Crippen molar-refractivity contribution in [1.29, 1.82) is 0 Å². The number of aliphatic hydroxyl groups is 1. The maximum Gasteiger partial charge on any atom is 0.328 e. The van der Waals surface area contributed by atoms with E-state index in [1.165, 1.54) is 82.4 Å². The van der Waals surface area contributed by atoms with E-state index in [9.17, 15) is 9.90 Å². The number of aliphatic hydroxyl groups excluding tert-OH is 1. The Hall–Kier alpha value is -1.51. The van der Waals surface area contributed by atoms with Gasteiger partial charge in [0.25, 0.3) is 0 Å². The van der Waals surface area contributed by atoms with Crippen LogP contribution in [0.15, 0.2) is 36.1 Å². The van der Waals surface area contributed by atoms with Gasteiger partial charge in [-0.3, -0.25) is 0 Å². The summed E-state index contributed by atoms with van der Waals surface area (Å²) >= 11 is 0. The number of aliphatic carboxylic acids is 1. The summed E-state index contributed by atoms with van der Waals surface area (Å²) in [6.07, 6.45) is 22.6. The quantitative estimate of drug-likeness (QED) is 0.160. The SMILES string of the molecule is CCCCCCCCCCCCCC=C(O)C=CC=CC(=O)O. The highest BCUT2D eigenvalue weighted by molar-refractivity contribution is 5.80. The molecule has 0 fully saturated rings. The van der Waals surface area contributed by atoms with E-state index in [2.05, 4.69) is 6.92 Å². The molecule has 132 valence electrons. The Morgan fingerprint density at radius 2 is 1.22 bits per heavy atom. The summed E-state index contributed by atoms with van der Waals surface area (Å²) in [7, 11) is 0. The van der Waals surface area contributed by atoms with Gasteiger partial charge in [-0.05, 0) is 25.0 Å². The van der Waals surface area contributed by atoms with Crippen LogP contribution in [0.4, 0.5) is 0 Å². The van der Waals surface area contributed by atoms with Crippen molar-refractivity contribution in [3.8, 4) is 0 Å². The van der Waals surface area contributed by atoms with Crippen molar-refractivity contribution in [2.75, 3.05) is 0 Å². The Balaban J connectivity index is 3.40.